The van der Waals surface area contributed by atoms with Gasteiger partial charge in [0.05, 0.1) is 17.5 Å². The second-order valence-electron chi connectivity index (χ2n) is 6.31. The van der Waals surface area contributed by atoms with E-state index in [2.05, 4.69) is 31.1 Å². The van der Waals surface area contributed by atoms with Gasteiger partial charge in [0.15, 0.2) is 5.69 Å². The Morgan fingerprint density at radius 1 is 1.28 bits per heavy atom. The van der Waals surface area contributed by atoms with Crippen molar-refractivity contribution in [1.29, 1.82) is 0 Å². The molecule has 2 aromatic carbocycles. The Labute approximate surface area is 180 Å². The van der Waals surface area contributed by atoms with E-state index in [9.17, 15) is 18.3 Å². The maximum atomic E-state index is 12.4. The van der Waals surface area contributed by atoms with Gasteiger partial charge in [-0.05, 0) is 42.8 Å². The maximum Gasteiger partial charge on any atom is 0.285 e. The molecule has 8 nitrogen and oxygen atoms in total. The largest absolute Gasteiger partial charge is 0.493 e. The lowest BCUT2D eigenvalue weighted by atomic mass is 10.2. The van der Waals surface area contributed by atoms with Crippen LogP contribution in [0.2, 0.25) is 5.02 Å². The number of aromatic hydroxyl groups is 1. The summed E-state index contributed by atoms with van der Waals surface area (Å²) in [5.74, 6) is -1.06. The highest BCUT2D eigenvalue weighted by molar-refractivity contribution is 9.10. The topological polar surface area (TPSA) is 115 Å². The first-order valence-electron chi connectivity index (χ1n) is 8.25. The molecule has 0 aliphatic carbocycles. The number of hydrogen-bond acceptors (Lipinski definition) is 5. The van der Waals surface area contributed by atoms with Crippen LogP contribution >= 0.6 is 27.5 Å². The number of fused-ring (bicyclic) bond motifs is 1. The van der Waals surface area contributed by atoms with Gasteiger partial charge in [-0.1, -0.05) is 33.6 Å². The molecule has 0 aliphatic heterocycles. The maximum absolute atomic E-state index is 12.4. The van der Waals surface area contributed by atoms with Gasteiger partial charge in [-0.2, -0.15) is 0 Å². The molecule has 1 aromatic heterocycles. The number of halogens is 2. The molecule has 1 amide bonds. The monoisotopic (exact) mass is 498 g/mol. The minimum Gasteiger partial charge on any atom is -0.493 e. The molecular formula is C18H16BrClN4O4S. The molecule has 0 aliphatic rings. The normalized spacial score (nSPS) is 12.0. The third-order valence-corrected chi connectivity index (χ3v) is 5.95. The van der Waals surface area contributed by atoms with E-state index < -0.39 is 22.5 Å². The Morgan fingerprint density at radius 2 is 2.00 bits per heavy atom. The molecule has 0 radical (unpaired) electrons. The fourth-order valence-electron chi connectivity index (χ4n) is 2.73. The number of amides is 1. The van der Waals surface area contributed by atoms with E-state index in [1.807, 2.05) is 0 Å². The molecule has 2 N–H and O–H groups in total. The van der Waals surface area contributed by atoms with Crippen LogP contribution in [-0.2, 0) is 14.8 Å². The summed E-state index contributed by atoms with van der Waals surface area (Å²) in [4.78, 5) is 15.1. The molecular weight excluding hydrogens is 484 g/mol. The van der Waals surface area contributed by atoms with E-state index in [1.165, 1.54) is 6.07 Å². The summed E-state index contributed by atoms with van der Waals surface area (Å²) in [5, 5.41) is 18.3. The zero-order valence-electron chi connectivity index (χ0n) is 15.3. The average Bonchev–Trinajstić information content (AvgIpc) is 2.93. The molecule has 0 bridgehead atoms. The number of benzene rings is 2. The first-order valence-corrected chi connectivity index (χ1v) is 11.3. The van der Waals surface area contributed by atoms with Crippen LogP contribution in [0.3, 0.4) is 0 Å². The van der Waals surface area contributed by atoms with Crippen LogP contribution in [0.25, 0.3) is 10.9 Å². The average molecular weight is 500 g/mol. The van der Waals surface area contributed by atoms with Crippen LogP contribution < -0.4 is 4.31 Å². The Balaban J connectivity index is 1.91. The summed E-state index contributed by atoms with van der Waals surface area (Å²) >= 11 is 9.31. The van der Waals surface area contributed by atoms with E-state index in [0.29, 0.717) is 21.5 Å². The first kappa shape index (κ1) is 21.3. The van der Waals surface area contributed by atoms with Crippen molar-refractivity contribution in [2.45, 2.75) is 6.92 Å². The van der Waals surface area contributed by atoms with Crippen molar-refractivity contribution < 1.29 is 18.3 Å². The van der Waals surface area contributed by atoms with Gasteiger partial charge in [-0.15, -0.1) is 10.2 Å². The molecule has 0 spiro atoms. The van der Waals surface area contributed by atoms with E-state index in [0.717, 1.165) is 15.0 Å². The summed E-state index contributed by atoms with van der Waals surface area (Å²) in [6, 6.07) is 9.97. The van der Waals surface area contributed by atoms with Crippen LogP contribution in [0.4, 0.5) is 11.4 Å². The van der Waals surface area contributed by atoms with E-state index in [4.69, 9.17) is 11.6 Å². The number of carbonyl (C=O) groups is 1. The molecule has 11 heteroatoms. The Bertz CT molecular complexity index is 1240. The van der Waals surface area contributed by atoms with Crippen molar-refractivity contribution in [2.75, 3.05) is 17.1 Å². The fourth-order valence-corrected chi connectivity index (χ4v) is 4.16. The van der Waals surface area contributed by atoms with Crippen LogP contribution in [0.5, 0.6) is 5.88 Å². The standard InChI is InChI=1S/C18H16BrClN4O4S/c1-10-3-5-12(20)8-15(10)24(29(2,27)28)9-16(25)22-23-17-13-7-11(19)4-6-14(13)21-18(17)26/h3-8,21,26H,9H2,1-2H3. The Hall–Kier alpha value is -2.43. The summed E-state index contributed by atoms with van der Waals surface area (Å²) in [5.41, 5.74) is 1.60. The lowest BCUT2D eigenvalue weighted by Gasteiger charge is -2.22. The number of anilines is 1. The number of rotatable bonds is 5. The summed E-state index contributed by atoms with van der Waals surface area (Å²) in [6.45, 7) is 1.15. The van der Waals surface area contributed by atoms with Crippen LogP contribution in [0, 0.1) is 6.92 Å². The van der Waals surface area contributed by atoms with Gasteiger partial charge in [0, 0.05) is 14.9 Å². The number of H-pyrrole nitrogens is 1. The number of aromatic amines is 1. The Morgan fingerprint density at radius 3 is 2.69 bits per heavy atom. The van der Waals surface area contributed by atoms with E-state index in [-0.39, 0.29) is 17.3 Å². The number of aryl methyl sites for hydroxylation is 1. The highest BCUT2D eigenvalue weighted by atomic mass is 79.9. The smallest absolute Gasteiger partial charge is 0.285 e. The van der Waals surface area contributed by atoms with Crippen LogP contribution in [0.1, 0.15) is 5.56 Å². The molecule has 0 unspecified atom stereocenters. The number of carbonyl (C=O) groups excluding carboxylic acids is 1. The van der Waals surface area contributed by atoms with Crippen molar-refractivity contribution in [2.24, 2.45) is 10.2 Å². The molecule has 3 rings (SSSR count). The molecule has 0 atom stereocenters. The highest BCUT2D eigenvalue weighted by Gasteiger charge is 2.23. The predicted molar refractivity (Wildman–Crippen MR) is 116 cm³/mol. The fraction of sp³-hybridized carbons (Fsp3) is 0.167. The van der Waals surface area contributed by atoms with Crippen molar-refractivity contribution in [3.8, 4) is 5.88 Å². The number of nitrogens with one attached hydrogen (secondary N) is 1. The molecule has 1 heterocycles. The zero-order valence-corrected chi connectivity index (χ0v) is 18.5. The van der Waals surface area contributed by atoms with Crippen molar-refractivity contribution >= 4 is 65.7 Å². The number of azo groups is 1. The molecule has 0 fully saturated rings. The van der Waals surface area contributed by atoms with Gasteiger partial charge < -0.3 is 10.1 Å². The van der Waals surface area contributed by atoms with Gasteiger partial charge >= 0.3 is 0 Å². The van der Waals surface area contributed by atoms with Crippen molar-refractivity contribution in [1.82, 2.24) is 4.98 Å². The molecule has 152 valence electrons. The molecule has 0 saturated carbocycles. The second kappa shape index (κ2) is 8.13. The van der Waals surface area contributed by atoms with Gasteiger partial charge in [0.1, 0.15) is 6.54 Å². The zero-order chi connectivity index (χ0) is 21.3. The molecule has 29 heavy (non-hydrogen) atoms. The van der Waals surface area contributed by atoms with Crippen molar-refractivity contribution in [3.63, 3.8) is 0 Å². The quantitative estimate of drug-likeness (QED) is 0.496. The van der Waals surface area contributed by atoms with Crippen LogP contribution in [0.15, 0.2) is 51.1 Å². The van der Waals surface area contributed by atoms with Gasteiger partial charge in [-0.3, -0.25) is 9.10 Å². The third-order valence-electron chi connectivity index (χ3n) is 4.09. The number of sulfonamides is 1. The lowest BCUT2D eigenvalue weighted by Crippen LogP contribution is -2.34. The minimum atomic E-state index is -3.78. The number of aromatic nitrogens is 1. The first-order chi connectivity index (χ1) is 13.6. The summed E-state index contributed by atoms with van der Waals surface area (Å²) < 4.78 is 26.2. The van der Waals surface area contributed by atoms with E-state index >= 15 is 0 Å². The summed E-state index contributed by atoms with van der Waals surface area (Å²) in [7, 11) is -3.78. The van der Waals surface area contributed by atoms with Crippen LogP contribution in [-0.4, -0.2) is 37.2 Å². The summed E-state index contributed by atoms with van der Waals surface area (Å²) in [6.07, 6.45) is 0.987. The highest BCUT2D eigenvalue weighted by Crippen LogP contribution is 2.36. The minimum absolute atomic E-state index is 0.0829. The SMILES string of the molecule is Cc1ccc(Cl)cc1N(CC(=O)N=Nc1c(O)[nH]c2ccc(Br)cc12)S(C)(=O)=O. The third kappa shape index (κ3) is 4.77. The lowest BCUT2D eigenvalue weighted by molar-refractivity contribution is -0.116. The number of hydrogen-bond donors (Lipinski definition) is 2. The molecule has 3 aromatic rings. The van der Waals surface area contributed by atoms with Crippen molar-refractivity contribution in [3.05, 3.63) is 51.5 Å². The number of nitrogens with zero attached hydrogens (tertiary/aromatic N) is 3. The molecule has 0 saturated heterocycles. The Kier molecular flexibility index (Phi) is 5.97. The van der Waals surface area contributed by atoms with E-state index in [1.54, 1.807) is 37.3 Å². The second-order valence-corrected chi connectivity index (χ2v) is 9.57. The predicted octanol–water partition coefficient (Wildman–Crippen LogP) is 4.67. The van der Waals surface area contributed by atoms with Gasteiger partial charge in [-0.25, -0.2) is 8.42 Å². The van der Waals surface area contributed by atoms with Gasteiger partial charge in [0.2, 0.25) is 15.9 Å². The van der Waals surface area contributed by atoms with Gasteiger partial charge in [0.25, 0.3) is 5.91 Å².